The average molecular weight is 423 g/mol. The fourth-order valence-electron chi connectivity index (χ4n) is 3.29. The summed E-state index contributed by atoms with van der Waals surface area (Å²) in [6.07, 6.45) is 3.32. The number of aryl methyl sites for hydroxylation is 3. The molecule has 0 amide bonds. The van der Waals surface area contributed by atoms with Crippen molar-refractivity contribution < 1.29 is 8.50 Å². The molecule has 1 aliphatic rings. The van der Waals surface area contributed by atoms with Crippen LogP contribution in [-0.4, -0.2) is 24.5 Å². The zero-order valence-corrected chi connectivity index (χ0v) is 16.4. The van der Waals surface area contributed by atoms with Crippen LogP contribution in [0, 0.1) is 26.5 Å². The molecular formula is C19H16Cl2FN5O. The molecule has 0 aromatic carbocycles. The molecular weight excluding hydrogens is 404 g/mol. The van der Waals surface area contributed by atoms with Gasteiger partial charge in [-0.2, -0.15) is 0 Å². The van der Waals surface area contributed by atoms with Crippen molar-refractivity contribution in [3.63, 3.8) is 0 Å². The van der Waals surface area contributed by atoms with Crippen LogP contribution >= 0.6 is 23.2 Å². The molecule has 144 valence electrons. The number of hydrogen-bond donors (Lipinski definition) is 0. The Morgan fingerprint density at radius 2 is 2.04 bits per heavy atom. The van der Waals surface area contributed by atoms with Gasteiger partial charge in [-0.15, -0.1) is 0 Å². The fraction of sp³-hybridized carbons (Fsp3) is 0.316. The molecule has 0 spiro atoms. The van der Waals surface area contributed by atoms with Crippen molar-refractivity contribution in [1.82, 2.24) is 24.5 Å². The summed E-state index contributed by atoms with van der Waals surface area (Å²) in [6, 6.07) is 1.35. The minimum atomic E-state index is -2.34. The predicted octanol–water partition coefficient (Wildman–Crippen LogP) is 4.06. The Morgan fingerprint density at radius 1 is 1.25 bits per heavy atom. The number of nitrogens with zero attached hydrogens (tertiary/aromatic N) is 5. The van der Waals surface area contributed by atoms with Crippen molar-refractivity contribution in [2.24, 2.45) is 0 Å². The van der Waals surface area contributed by atoms with E-state index in [1.54, 1.807) is 13.8 Å². The van der Waals surface area contributed by atoms with Crippen LogP contribution in [0.1, 0.15) is 51.0 Å². The second-order valence-electron chi connectivity index (χ2n) is 6.64. The molecule has 3 aromatic heterocycles. The Hall–Kier alpha value is -2.38. The number of halogens is 3. The molecule has 6 nitrogen and oxygen atoms in total. The van der Waals surface area contributed by atoms with Gasteiger partial charge in [-0.05, 0) is 38.8 Å². The summed E-state index contributed by atoms with van der Waals surface area (Å²) in [5, 5.41) is -0.502. The van der Waals surface area contributed by atoms with E-state index in [2.05, 4.69) is 19.9 Å². The Kier molecular flexibility index (Phi) is 3.83. The lowest BCUT2D eigenvalue weighted by molar-refractivity contribution is 0.604. The van der Waals surface area contributed by atoms with E-state index in [9.17, 15) is 9.18 Å². The fourth-order valence-corrected chi connectivity index (χ4v) is 3.69. The van der Waals surface area contributed by atoms with Crippen molar-refractivity contribution in [2.45, 2.75) is 39.0 Å². The summed E-state index contributed by atoms with van der Waals surface area (Å²) >= 11 is 12.2. The van der Waals surface area contributed by atoms with E-state index in [1.165, 1.54) is 18.5 Å². The Labute approximate surface area is 174 Å². The molecule has 4 rings (SSSR count). The predicted molar refractivity (Wildman–Crippen MR) is 104 cm³/mol. The molecule has 1 saturated carbocycles. The zero-order valence-electron chi connectivity index (χ0n) is 17.9. The molecule has 0 bridgehead atoms. The van der Waals surface area contributed by atoms with E-state index in [4.69, 9.17) is 27.3 Å². The number of pyridine rings is 1. The lowest BCUT2D eigenvalue weighted by Crippen LogP contribution is -2.26. The van der Waals surface area contributed by atoms with Gasteiger partial charge in [-0.1, -0.05) is 23.2 Å². The van der Waals surface area contributed by atoms with Crippen LogP contribution in [0.15, 0.2) is 23.3 Å². The Bertz CT molecular complexity index is 1260. The highest BCUT2D eigenvalue weighted by molar-refractivity contribution is 6.31. The van der Waals surface area contributed by atoms with Crippen molar-refractivity contribution in [1.29, 1.82) is 0 Å². The topological polar surface area (TPSA) is 73.6 Å². The molecule has 0 radical (unpaired) electrons. The highest BCUT2D eigenvalue weighted by Crippen LogP contribution is 2.54. The summed E-state index contributed by atoms with van der Waals surface area (Å²) < 4.78 is 38.3. The first-order valence-corrected chi connectivity index (χ1v) is 9.19. The first-order valence-electron chi connectivity index (χ1n) is 9.94. The van der Waals surface area contributed by atoms with E-state index < -0.39 is 18.2 Å². The standard InChI is InChI=1S/C19H16Cl2FN5O/c1-8-7-24-17(21)14(22)16(8)27-10(3)26-15(13(20)19(27)28)11-6-12(11)18-23-5-4-9(2)25-18/h4-5,7,11-12H,6H2,1-3H3/t11-,12-/m0/s1/i2D3. The van der Waals surface area contributed by atoms with Crippen molar-refractivity contribution in [3.8, 4) is 5.69 Å². The maximum Gasteiger partial charge on any atom is 0.277 e. The molecule has 3 aromatic rings. The normalized spacial score (nSPS) is 20.4. The minimum Gasteiger partial charge on any atom is -0.267 e. The van der Waals surface area contributed by atoms with Crippen LogP contribution in [0.3, 0.4) is 0 Å². The average Bonchev–Trinajstić information content (AvgIpc) is 3.50. The van der Waals surface area contributed by atoms with Crippen molar-refractivity contribution in [3.05, 3.63) is 73.4 Å². The van der Waals surface area contributed by atoms with Gasteiger partial charge in [0.2, 0.25) is 0 Å². The summed E-state index contributed by atoms with van der Waals surface area (Å²) in [5.41, 5.74) is 0.0264. The third-order valence-electron chi connectivity index (χ3n) is 4.73. The maximum atomic E-state index is 14.6. The number of rotatable bonds is 3. The third-order valence-corrected chi connectivity index (χ3v) is 5.35. The van der Waals surface area contributed by atoms with Gasteiger partial charge >= 0.3 is 0 Å². The summed E-state index contributed by atoms with van der Waals surface area (Å²) in [7, 11) is 0. The van der Waals surface area contributed by atoms with Gasteiger partial charge in [0.15, 0.2) is 11.0 Å². The van der Waals surface area contributed by atoms with Gasteiger partial charge in [0.1, 0.15) is 16.7 Å². The van der Waals surface area contributed by atoms with Gasteiger partial charge in [-0.3, -0.25) is 9.36 Å². The highest BCUT2D eigenvalue weighted by atomic mass is 35.5. The van der Waals surface area contributed by atoms with E-state index in [-0.39, 0.29) is 39.2 Å². The molecule has 0 saturated heterocycles. The van der Waals surface area contributed by atoms with Gasteiger partial charge in [-0.25, -0.2) is 24.3 Å². The molecule has 1 fully saturated rings. The van der Waals surface area contributed by atoms with Crippen LogP contribution in [-0.2, 0) is 0 Å². The minimum absolute atomic E-state index is 0.0469. The third kappa shape index (κ3) is 3.08. The van der Waals surface area contributed by atoms with Crippen LogP contribution < -0.4 is 5.56 Å². The highest BCUT2D eigenvalue weighted by Gasteiger charge is 2.45. The summed E-state index contributed by atoms with van der Waals surface area (Å²) in [5.74, 6) is -0.697. The molecule has 9 heteroatoms. The lowest BCUT2D eigenvalue weighted by atomic mass is 10.2. The van der Waals surface area contributed by atoms with E-state index >= 15 is 0 Å². The second kappa shape index (κ2) is 6.90. The van der Waals surface area contributed by atoms with Gasteiger partial charge < -0.3 is 0 Å². The van der Waals surface area contributed by atoms with Crippen LogP contribution in [0.5, 0.6) is 0 Å². The van der Waals surface area contributed by atoms with E-state index in [1.807, 2.05) is 0 Å². The molecule has 1 aliphatic carbocycles. The SMILES string of the molecule is [2H]C([2H])([2H])c1ccnc([C@H]2C[C@@H]2c2nc(C)n(-c3c(C)cnc(Cl)c3F)c(=O)c2Cl)n1. The van der Waals surface area contributed by atoms with Gasteiger partial charge in [0.25, 0.3) is 5.56 Å². The first kappa shape index (κ1) is 15.5. The molecule has 28 heavy (non-hydrogen) atoms. The Morgan fingerprint density at radius 3 is 2.79 bits per heavy atom. The summed E-state index contributed by atoms with van der Waals surface area (Å²) in [6.45, 7) is 0.821. The summed E-state index contributed by atoms with van der Waals surface area (Å²) in [4.78, 5) is 29.6. The largest absolute Gasteiger partial charge is 0.277 e. The molecule has 0 unspecified atom stereocenters. The van der Waals surface area contributed by atoms with E-state index in [0.717, 1.165) is 4.57 Å². The Balaban J connectivity index is 1.74. The van der Waals surface area contributed by atoms with E-state index in [0.29, 0.717) is 23.5 Å². The molecule has 0 N–H and O–H groups in total. The maximum absolute atomic E-state index is 14.6. The van der Waals surface area contributed by atoms with Gasteiger partial charge in [0.05, 0.1) is 11.4 Å². The zero-order chi connectivity index (χ0) is 22.7. The molecule has 0 aliphatic heterocycles. The van der Waals surface area contributed by atoms with Crippen molar-refractivity contribution >= 4 is 23.2 Å². The molecule has 3 heterocycles. The lowest BCUT2D eigenvalue weighted by Gasteiger charge is -2.15. The number of hydrogen-bond acceptors (Lipinski definition) is 5. The van der Waals surface area contributed by atoms with Crippen molar-refractivity contribution in [2.75, 3.05) is 0 Å². The quantitative estimate of drug-likeness (QED) is 0.594. The van der Waals surface area contributed by atoms with Gasteiger partial charge in [0, 0.05) is 34.0 Å². The smallest absolute Gasteiger partial charge is 0.267 e. The second-order valence-corrected chi connectivity index (χ2v) is 7.38. The van der Waals surface area contributed by atoms with Crippen LogP contribution in [0.2, 0.25) is 10.2 Å². The number of aromatic nitrogens is 5. The van der Waals surface area contributed by atoms with Crippen LogP contribution in [0.4, 0.5) is 4.39 Å². The molecule has 2 atom stereocenters. The first-order chi connectivity index (χ1) is 14.5. The van der Waals surface area contributed by atoms with Crippen LogP contribution in [0.25, 0.3) is 5.69 Å². The monoisotopic (exact) mass is 422 g/mol.